The van der Waals surface area contributed by atoms with Crippen LogP contribution in [0.15, 0.2) is 15.9 Å². The molecule has 0 spiro atoms. The smallest absolute Gasteiger partial charge is 0.138 e. The summed E-state index contributed by atoms with van der Waals surface area (Å²) in [6.07, 6.45) is 0. The third kappa shape index (κ3) is 3.49. The molecule has 2 heterocycles. The number of nitrogens with one attached hydrogen (secondary N) is 1. The summed E-state index contributed by atoms with van der Waals surface area (Å²) in [6.45, 7) is 8.91. The summed E-state index contributed by atoms with van der Waals surface area (Å²) in [6, 6.07) is 4.13. The second kappa shape index (κ2) is 5.69. The lowest BCUT2D eigenvalue weighted by molar-refractivity contribution is 0.546. The van der Waals surface area contributed by atoms with Crippen molar-refractivity contribution in [3.05, 3.63) is 32.2 Å². The molecule has 0 aliphatic heterocycles. The molecule has 0 aliphatic carbocycles. The van der Waals surface area contributed by atoms with E-state index in [2.05, 4.69) is 58.1 Å². The first-order valence-corrected chi connectivity index (χ1v) is 8.01. The third-order valence-electron chi connectivity index (χ3n) is 2.91. The van der Waals surface area contributed by atoms with Crippen LogP contribution in [0.4, 0.5) is 11.6 Å². The van der Waals surface area contributed by atoms with Gasteiger partial charge in [0.1, 0.15) is 17.5 Å². The van der Waals surface area contributed by atoms with Crippen molar-refractivity contribution in [2.24, 2.45) is 0 Å². The van der Waals surface area contributed by atoms with E-state index < -0.39 is 0 Å². The van der Waals surface area contributed by atoms with E-state index in [1.807, 2.05) is 13.0 Å². The van der Waals surface area contributed by atoms with Crippen LogP contribution < -0.4 is 11.1 Å². The molecule has 4 nitrogen and oxygen atoms in total. The molecule has 0 atom stereocenters. The molecule has 0 aromatic carbocycles. The predicted molar refractivity (Wildman–Crippen MR) is 89.2 cm³/mol. The molecule has 2 aromatic rings. The Balaban J connectivity index is 2.24. The van der Waals surface area contributed by atoms with E-state index in [1.54, 1.807) is 11.3 Å². The van der Waals surface area contributed by atoms with Crippen LogP contribution in [0.1, 0.15) is 37.0 Å². The largest absolute Gasteiger partial charge is 0.383 e. The lowest BCUT2D eigenvalue weighted by Gasteiger charge is -2.19. The summed E-state index contributed by atoms with van der Waals surface area (Å²) < 4.78 is 1.13. The van der Waals surface area contributed by atoms with E-state index in [0.29, 0.717) is 5.82 Å². The van der Waals surface area contributed by atoms with E-state index in [-0.39, 0.29) is 5.41 Å². The summed E-state index contributed by atoms with van der Waals surface area (Å²) in [5.74, 6) is 2.11. The summed E-state index contributed by atoms with van der Waals surface area (Å²) in [5.41, 5.74) is 6.77. The van der Waals surface area contributed by atoms with Crippen LogP contribution in [0.5, 0.6) is 0 Å². The molecule has 0 bridgehead atoms. The second-order valence-corrected chi connectivity index (χ2v) is 8.26. The lowest BCUT2D eigenvalue weighted by Crippen LogP contribution is -2.19. The Labute approximate surface area is 132 Å². The third-order valence-corrected chi connectivity index (χ3v) is 4.54. The Morgan fingerprint density at radius 1 is 1.30 bits per heavy atom. The number of anilines is 2. The molecule has 3 N–H and O–H groups in total. The van der Waals surface area contributed by atoms with Crippen molar-refractivity contribution >= 4 is 38.9 Å². The van der Waals surface area contributed by atoms with Crippen molar-refractivity contribution in [1.82, 2.24) is 9.97 Å². The minimum absolute atomic E-state index is 0.121. The van der Waals surface area contributed by atoms with Gasteiger partial charge < -0.3 is 11.1 Å². The van der Waals surface area contributed by atoms with E-state index in [4.69, 9.17) is 5.73 Å². The molecule has 108 valence electrons. The topological polar surface area (TPSA) is 63.8 Å². The van der Waals surface area contributed by atoms with Gasteiger partial charge in [-0.2, -0.15) is 0 Å². The summed E-state index contributed by atoms with van der Waals surface area (Å²) >= 11 is 5.17. The molecule has 2 rings (SSSR count). The molecule has 0 radical (unpaired) electrons. The fourth-order valence-electron chi connectivity index (χ4n) is 1.66. The van der Waals surface area contributed by atoms with Crippen LogP contribution in [-0.4, -0.2) is 9.97 Å². The summed E-state index contributed by atoms with van der Waals surface area (Å²) in [5, 5.41) is 3.35. The average molecular weight is 355 g/mol. The summed E-state index contributed by atoms with van der Waals surface area (Å²) in [7, 11) is 0. The van der Waals surface area contributed by atoms with Crippen molar-refractivity contribution in [3.8, 4) is 0 Å². The van der Waals surface area contributed by atoms with Gasteiger partial charge in [0, 0.05) is 15.9 Å². The highest BCUT2D eigenvalue weighted by Crippen LogP contribution is 2.26. The van der Waals surface area contributed by atoms with E-state index in [1.165, 1.54) is 4.88 Å². The number of nitrogen functional groups attached to an aromatic ring is 1. The molecule has 0 unspecified atom stereocenters. The van der Waals surface area contributed by atoms with Gasteiger partial charge in [0.25, 0.3) is 0 Å². The van der Waals surface area contributed by atoms with E-state index >= 15 is 0 Å². The number of halogens is 1. The summed E-state index contributed by atoms with van der Waals surface area (Å²) in [4.78, 5) is 10.2. The molecule has 0 aliphatic rings. The molecule has 20 heavy (non-hydrogen) atoms. The molecule has 0 amide bonds. The van der Waals surface area contributed by atoms with Gasteiger partial charge in [-0.15, -0.1) is 11.3 Å². The van der Waals surface area contributed by atoms with E-state index in [0.717, 1.165) is 27.5 Å². The number of nitrogens with two attached hydrogens (primary N) is 1. The minimum Gasteiger partial charge on any atom is -0.383 e. The highest BCUT2D eigenvalue weighted by Gasteiger charge is 2.20. The SMILES string of the molecule is Cc1c(N)nc(C(C)(C)C)nc1NCc1ccc(Br)s1. The van der Waals surface area contributed by atoms with Crippen LogP contribution >= 0.6 is 27.3 Å². The van der Waals surface area contributed by atoms with Gasteiger partial charge >= 0.3 is 0 Å². The van der Waals surface area contributed by atoms with Crippen molar-refractivity contribution in [3.63, 3.8) is 0 Å². The zero-order chi connectivity index (χ0) is 14.9. The van der Waals surface area contributed by atoms with Crippen LogP contribution in [0, 0.1) is 6.92 Å². The minimum atomic E-state index is -0.121. The van der Waals surface area contributed by atoms with Gasteiger partial charge in [-0.05, 0) is 35.0 Å². The van der Waals surface area contributed by atoms with Gasteiger partial charge in [-0.3, -0.25) is 0 Å². The fraction of sp³-hybridized carbons (Fsp3) is 0.429. The average Bonchev–Trinajstić information content (AvgIpc) is 2.75. The van der Waals surface area contributed by atoms with Crippen LogP contribution in [-0.2, 0) is 12.0 Å². The van der Waals surface area contributed by atoms with Gasteiger partial charge in [-0.25, -0.2) is 9.97 Å². The predicted octanol–water partition coefficient (Wildman–Crippen LogP) is 4.10. The number of hydrogen-bond donors (Lipinski definition) is 2. The zero-order valence-corrected chi connectivity index (χ0v) is 14.5. The lowest BCUT2D eigenvalue weighted by atomic mass is 9.95. The quantitative estimate of drug-likeness (QED) is 0.870. The number of hydrogen-bond acceptors (Lipinski definition) is 5. The molecular weight excluding hydrogens is 336 g/mol. The van der Waals surface area contributed by atoms with E-state index in [9.17, 15) is 0 Å². The van der Waals surface area contributed by atoms with Crippen LogP contribution in [0.25, 0.3) is 0 Å². The van der Waals surface area contributed by atoms with Crippen LogP contribution in [0.2, 0.25) is 0 Å². The van der Waals surface area contributed by atoms with Gasteiger partial charge in [0.15, 0.2) is 0 Å². The second-order valence-electron chi connectivity index (χ2n) is 5.72. The van der Waals surface area contributed by atoms with Crippen molar-refractivity contribution < 1.29 is 0 Å². The normalized spacial score (nSPS) is 11.7. The monoisotopic (exact) mass is 354 g/mol. The highest BCUT2D eigenvalue weighted by molar-refractivity contribution is 9.11. The number of thiophene rings is 1. The number of rotatable bonds is 3. The fourth-order valence-corrected chi connectivity index (χ4v) is 3.08. The van der Waals surface area contributed by atoms with Gasteiger partial charge in [-0.1, -0.05) is 20.8 Å². The molecule has 2 aromatic heterocycles. The standard InChI is InChI=1S/C14H19BrN4S/c1-8-11(16)18-13(14(2,3)4)19-12(8)17-7-9-5-6-10(15)20-9/h5-6H,7H2,1-4H3,(H3,16,17,18,19). The highest BCUT2D eigenvalue weighted by atomic mass is 79.9. The Bertz CT molecular complexity index is 616. The first-order chi connectivity index (χ1) is 9.27. The Morgan fingerprint density at radius 3 is 2.55 bits per heavy atom. The number of aromatic nitrogens is 2. The first kappa shape index (κ1) is 15.3. The van der Waals surface area contributed by atoms with Crippen molar-refractivity contribution in [2.45, 2.75) is 39.7 Å². The first-order valence-electron chi connectivity index (χ1n) is 6.40. The molecule has 0 saturated heterocycles. The zero-order valence-electron chi connectivity index (χ0n) is 12.1. The van der Waals surface area contributed by atoms with Gasteiger partial charge in [0.2, 0.25) is 0 Å². The maximum absolute atomic E-state index is 6.00. The number of nitrogens with zero attached hydrogens (tertiary/aromatic N) is 2. The maximum atomic E-state index is 6.00. The Morgan fingerprint density at radius 2 is 2.00 bits per heavy atom. The van der Waals surface area contributed by atoms with Crippen molar-refractivity contribution in [2.75, 3.05) is 11.1 Å². The van der Waals surface area contributed by atoms with Crippen molar-refractivity contribution in [1.29, 1.82) is 0 Å². The Hall–Kier alpha value is -1.14. The van der Waals surface area contributed by atoms with Crippen LogP contribution in [0.3, 0.4) is 0 Å². The Kier molecular flexibility index (Phi) is 4.34. The maximum Gasteiger partial charge on any atom is 0.138 e. The molecular formula is C14H19BrN4S. The van der Waals surface area contributed by atoms with Gasteiger partial charge in [0.05, 0.1) is 10.3 Å². The molecule has 6 heteroatoms. The molecule has 0 fully saturated rings. The molecule has 0 saturated carbocycles.